The first-order valence-corrected chi connectivity index (χ1v) is 11.7. The highest BCUT2D eigenvalue weighted by molar-refractivity contribution is 7.89. The van der Waals surface area contributed by atoms with Crippen LogP contribution in [0.2, 0.25) is 5.02 Å². The second-order valence-corrected chi connectivity index (χ2v) is 10.2. The van der Waals surface area contributed by atoms with Gasteiger partial charge in [-0.25, -0.2) is 12.7 Å². The summed E-state index contributed by atoms with van der Waals surface area (Å²) in [6.07, 6.45) is 0.978. The number of nitrogens with one attached hydrogen (secondary N) is 2. The fourth-order valence-corrected chi connectivity index (χ4v) is 4.16. The number of rotatable bonds is 9. The Balaban J connectivity index is 2.10. The lowest BCUT2D eigenvalue weighted by Gasteiger charge is -2.23. The molecule has 0 saturated carbocycles. The van der Waals surface area contributed by atoms with Crippen LogP contribution in [0.4, 0.5) is 5.69 Å². The minimum atomic E-state index is -3.62. The van der Waals surface area contributed by atoms with Crippen LogP contribution in [0.1, 0.15) is 37.9 Å². The molecule has 2 aromatic carbocycles. The molecule has 0 heterocycles. The van der Waals surface area contributed by atoms with Gasteiger partial charge in [0, 0.05) is 20.1 Å². The van der Waals surface area contributed by atoms with Crippen molar-refractivity contribution in [2.24, 2.45) is 5.92 Å². The average Bonchev–Trinajstić information content (AvgIpc) is 2.69. The molecule has 1 amide bonds. The Morgan fingerprint density at radius 2 is 1.73 bits per heavy atom. The van der Waals surface area contributed by atoms with E-state index in [0.29, 0.717) is 0 Å². The van der Waals surface area contributed by atoms with Gasteiger partial charge in [0.05, 0.1) is 22.2 Å². The molecule has 8 heteroatoms. The van der Waals surface area contributed by atoms with E-state index in [1.807, 2.05) is 0 Å². The van der Waals surface area contributed by atoms with Crippen LogP contribution in [0, 0.1) is 5.92 Å². The van der Waals surface area contributed by atoms with Crippen LogP contribution >= 0.6 is 11.6 Å². The number of sulfonamides is 1. The van der Waals surface area contributed by atoms with Crippen LogP contribution in [0.25, 0.3) is 0 Å². The molecule has 0 saturated heterocycles. The maximum atomic E-state index is 12.5. The summed E-state index contributed by atoms with van der Waals surface area (Å²) in [7, 11) is -0.724. The number of anilines is 1. The molecular formula is C22H30ClN3O3S. The molecule has 0 spiro atoms. The normalized spacial score (nSPS) is 12.9. The smallest absolute Gasteiger partial charge is 0.242 e. The van der Waals surface area contributed by atoms with E-state index in [1.54, 1.807) is 0 Å². The first-order chi connectivity index (χ1) is 14.1. The number of nitrogens with zero attached hydrogens (tertiary/aromatic N) is 1. The summed E-state index contributed by atoms with van der Waals surface area (Å²) in [6, 6.07) is 12.6. The number of carbonyl (C=O) groups excluding carboxylic acids is 1. The average molecular weight is 452 g/mol. The van der Waals surface area contributed by atoms with Gasteiger partial charge in [0.15, 0.2) is 0 Å². The van der Waals surface area contributed by atoms with Crippen LogP contribution < -0.4 is 10.6 Å². The third-order valence-corrected chi connectivity index (χ3v) is 7.03. The Hall–Kier alpha value is -1.93. The minimum absolute atomic E-state index is 0.0116. The van der Waals surface area contributed by atoms with Crippen molar-refractivity contribution in [3.05, 3.63) is 58.6 Å². The van der Waals surface area contributed by atoms with Crippen LogP contribution in [-0.2, 0) is 21.2 Å². The Labute approximate surface area is 184 Å². The van der Waals surface area contributed by atoms with Gasteiger partial charge in [-0.05, 0) is 41.7 Å². The molecule has 0 aromatic heterocycles. The number of hydrogen-bond acceptors (Lipinski definition) is 4. The van der Waals surface area contributed by atoms with Crippen molar-refractivity contribution in [2.45, 2.75) is 38.1 Å². The summed E-state index contributed by atoms with van der Waals surface area (Å²) in [6.45, 7) is 6.37. The van der Waals surface area contributed by atoms with Crippen LogP contribution in [-0.4, -0.2) is 39.3 Å². The van der Waals surface area contributed by atoms with Crippen LogP contribution in [0.5, 0.6) is 0 Å². The highest BCUT2D eigenvalue weighted by atomic mass is 35.5. The molecule has 164 valence electrons. The van der Waals surface area contributed by atoms with E-state index in [-0.39, 0.29) is 40.0 Å². The molecule has 6 nitrogen and oxygen atoms in total. The van der Waals surface area contributed by atoms with Crippen molar-refractivity contribution in [3.8, 4) is 0 Å². The van der Waals surface area contributed by atoms with Crippen molar-refractivity contribution in [2.75, 3.05) is 26.0 Å². The number of aryl methyl sites for hydroxylation is 1. The van der Waals surface area contributed by atoms with E-state index in [9.17, 15) is 13.2 Å². The topological polar surface area (TPSA) is 78.5 Å². The van der Waals surface area contributed by atoms with Gasteiger partial charge in [0.1, 0.15) is 0 Å². The van der Waals surface area contributed by atoms with Gasteiger partial charge in [-0.15, -0.1) is 0 Å². The summed E-state index contributed by atoms with van der Waals surface area (Å²) >= 11 is 6.16. The lowest BCUT2D eigenvalue weighted by molar-refractivity contribution is -0.115. The van der Waals surface area contributed by atoms with Gasteiger partial charge in [-0.2, -0.15) is 0 Å². The van der Waals surface area contributed by atoms with Crippen molar-refractivity contribution in [3.63, 3.8) is 0 Å². The van der Waals surface area contributed by atoms with Gasteiger partial charge in [-0.3, -0.25) is 4.79 Å². The zero-order chi connectivity index (χ0) is 22.5. The van der Waals surface area contributed by atoms with Gasteiger partial charge >= 0.3 is 0 Å². The second kappa shape index (κ2) is 10.4. The molecule has 0 bridgehead atoms. The molecule has 0 radical (unpaired) electrons. The molecule has 2 N–H and O–H groups in total. The van der Waals surface area contributed by atoms with E-state index in [4.69, 9.17) is 11.6 Å². The third-order valence-electron chi connectivity index (χ3n) is 4.89. The fraction of sp³-hybridized carbons (Fsp3) is 0.409. The maximum Gasteiger partial charge on any atom is 0.242 e. The van der Waals surface area contributed by atoms with Gasteiger partial charge in [0.2, 0.25) is 15.9 Å². The zero-order valence-corrected chi connectivity index (χ0v) is 19.6. The van der Waals surface area contributed by atoms with Crippen LogP contribution in [0.3, 0.4) is 0 Å². The number of carbonyl (C=O) groups is 1. The zero-order valence-electron chi connectivity index (χ0n) is 18.1. The summed E-state index contributed by atoms with van der Waals surface area (Å²) in [5.74, 6) is -0.0189. The molecule has 1 atom stereocenters. The van der Waals surface area contributed by atoms with E-state index < -0.39 is 10.0 Å². The van der Waals surface area contributed by atoms with Gasteiger partial charge in [-0.1, -0.05) is 56.6 Å². The Kier molecular flexibility index (Phi) is 8.43. The maximum absolute atomic E-state index is 12.5. The predicted octanol–water partition coefficient (Wildman–Crippen LogP) is 4.08. The first kappa shape index (κ1) is 24.3. The highest BCUT2D eigenvalue weighted by Crippen LogP contribution is 2.27. The largest absolute Gasteiger partial charge is 0.324 e. The van der Waals surface area contributed by atoms with E-state index >= 15 is 0 Å². The summed E-state index contributed by atoms with van der Waals surface area (Å²) in [4.78, 5) is 12.6. The Bertz CT molecular complexity index is 974. The Morgan fingerprint density at radius 1 is 1.10 bits per heavy atom. The van der Waals surface area contributed by atoms with Crippen molar-refractivity contribution >= 4 is 33.2 Å². The lowest BCUT2D eigenvalue weighted by atomic mass is 9.95. The highest BCUT2D eigenvalue weighted by Gasteiger charge is 2.20. The molecular weight excluding hydrogens is 422 g/mol. The van der Waals surface area contributed by atoms with E-state index in [1.165, 1.54) is 37.9 Å². The minimum Gasteiger partial charge on any atom is -0.324 e. The van der Waals surface area contributed by atoms with E-state index in [0.717, 1.165) is 16.3 Å². The standard InChI is InChI=1S/C22H30ClN3O3S/c1-6-16-7-9-17(10-8-16)22(15(2)3)24-14-21(27)25-20-13-18(11-12-19(20)23)30(28,29)26(4)5/h7-13,15,22,24H,6,14H2,1-5H3,(H,25,27)/t22-/m1/s1. The first-order valence-electron chi connectivity index (χ1n) is 9.90. The number of hydrogen-bond donors (Lipinski definition) is 2. The number of benzene rings is 2. The van der Waals surface area contributed by atoms with E-state index in [2.05, 4.69) is 55.7 Å². The summed E-state index contributed by atoms with van der Waals surface area (Å²) in [5.41, 5.74) is 2.65. The van der Waals surface area contributed by atoms with Crippen molar-refractivity contribution in [1.82, 2.24) is 9.62 Å². The van der Waals surface area contributed by atoms with Crippen LogP contribution in [0.15, 0.2) is 47.4 Å². The molecule has 0 fully saturated rings. The molecule has 0 aliphatic carbocycles. The quantitative estimate of drug-likeness (QED) is 0.602. The van der Waals surface area contributed by atoms with Gasteiger partial charge < -0.3 is 10.6 Å². The third kappa shape index (κ3) is 6.04. The molecule has 2 rings (SSSR count). The number of amides is 1. The lowest BCUT2D eigenvalue weighted by Crippen LogP contribution is -2.33. The molecule has 2 aromatic rings. The summed E-state index contributed by atoms with van der Waals surface area (Å²) < 4.78 is 25.8. The van der Waals surface area contributed by atoms with Crippen molar-refractivity contribution in [1.29, 1.82) is 0 Å². The summed E-state index contributed by atoms with van der Waals surface area (Å²) in [5, 5.41) is 6.28. The SMILES string of the molecule is CCc1ccc([C@H](NCC(=O)Nc2cc(S(=O)(=O)N(C)C)ccc2Cl)C(C)C)cc1. The monoisotopic (exact) mass is 451 g/mol. The predicted molar refractivity (Wildman–Crippen MR) is 122 cm³/mol. The number of halogens is 1. The molecule has 0 aliphatic heterocycles. The molecule has 0 aliphatic rings. The van der Waals surface area contributed by atoms with Crippen molar-refractivity contribution < 1.29 is 13.2 Å². The molecule has 30 heavy (non-hydrogen) atoms. The molecule has 0 unspecified atom stereocenters. The Morgan fingerprint density at radius 3 is 2.27 bits per heavy atom. The second-order valence-electron chi connectivity index (χ2n) is 7.67. The van der Waals surface area contributed by atoms with Gasteiger partial charge in [0.25, 0.3) is 0 Å². The fourth-order valence-electron chi connectivity index (χ4n) is 3.07.